The van der Waals surface area contributed by atoms with Gasteiger partial charge in [0.05, 0.1) is 5.02 Å². The van der Waals surface area contributed by atoms with E-state index in [-0.39, 0.29) is 18.3 Å². The Bertz CT molecular complexity index is 1330. The first kappa shape index (κ1) is 23.4. The predicted octanol–water partition coefficient (Wildman–Crippen LogP) is 5.89. The van der Waals surface area contributed by atoms with E-state index < -0.39 is 5.91 Å². The van der Waals surface area contributed by atoms with Crippen molar-refractivity contribution in [3.63, 3.8) is 0 Å². The first-order chi connectivity index (χ1) is 16.4. The summed E-state index contributed by atoms with van der Waals surface area (Å²) in [5.41, 5.74) is 1.47. The number of ether oxygens (including phenoxy) is 1. The molecule has 10 heteroatoms. The third-order valence-corrected chi connectivity index (χ3v) is 5.31. The number of aryl methyl sites for hydroxylation is 1. The number of hydrogen-bond donors (Lipinski definition) is 2. The minimum absolute atomic E-state index is 0.0878. The number of furan rings is 1. The normalized spacial score (nSPS) is 10.7. The zero-order chi connectivity index (χ0) is 24.1. The first-order valence-corrected chi connectivity index (χ1v) is 11.1. The number of aromatic nitrogens is 2. The van der Waals surface area contributed by atoms with E-state index in [9.17, 15) is 9.59 Å². The van der Waals surface area contributed by atoms with Crippen molar-refractivity contribution < 1.29 is 18.7 Å². The number of nitrogens with zero attached hydrogens (tertiary/aromatic N) is 2. The van der Waals surface area contributed by atoms with Crippen molar-refractivity contribution in [2.24, 2.45) is 0 Å². The van der Waals surface area contributed by atoms with Crippen molar-refractivity contribution in [3.05, 3.63) is 94.1 Å². The molecular formula is C24H20Cl2N4O4. The number of carbonyl (C=O) groups is 2. The molecule has 174 valence electrons. The van der Waals surface area contributed by atoms with Crippen molar-refractivity contribution in [2.75, 3.05) is 10.6 Å². The summed E-state index contributed by atoms with van der Waals surface area (Å²) in [6, 6.07) is 16.5. The number of rotatable bonds is 8. The topological polar surface area (TPSA) is 98.4 Å². The summed E-state index contributed by atoms with van der Waals surface area (Å²) < 4.78 is 12.8. The van der Waals surface area contributed by atoms with E-state index in [1.807, 2.05) is 6.92 Å². The van der Waals surface area contributed by atoms with Gasteiger partial charge in [-0.25, -0.2) is 0 Å². The Morgan fingerprint density at radius 1 is 1.00 bits per heavy atom. The largest absolute Gasteiger partial charge is 0.484 e. The maximum atomic E-state index is 12.6. The van der Waals surface area contributed by atoms with Gasteiger partial charge >= 0.3 is 0 Å². The highest BCUT2D eigenvalue weighted by atomic mass is 35.5. The molecule has 2 aromatic heterocycles. The van der Waals surface area contributed by atoms with Gasteiger partial charge < -0.3 is 19.8 Å². The van der Waals surface area contributed by atoms with Crippen LogP contribution < -0.4 is 15.4 Å². The monoisotopic (exact) mass is 498 g/mol. The van der Waals surface area contributed by atoms with Crippen LogP contribution in [0.5, 0.6) is 5.75 Å². The Kier molecular flexibility index (Phi) is 7.20. The average molecular weight is 499 g/mol. The minimum atomic E-state index is -0.441. The van der Waals surface area contributed by atoms with Crippen LogP contribution in [0, 0.1) is 0 Å². The fourth-order valence-corrected chi connectivity index (χ4v) is 3.62. The average Bonchev–Trinajstić information content (AvgIpc) is 3.48. The highest BCUT2D eigenvalue weighted by Crippen LogP contribution is 2.28. The quantitative estimate of drug-likeness (QED) is 0.315. The van der Waals surface area contributed by atoms with Gasteiger partial charge in [-0.2, -0.15) is 5.10 Å². The van der Waals surface area contributed by atoms with E-state index in [2.05, 4.69) is 15.7 Å². The Hall–Kier alpha value is -3.75. The van der Waals surface area contributed by atoms with Gasteiger partial charge in [-0.15, -0.1) is 0 Å². The van der Waals surface area contributed by atoms with E-state index in [0.717, 1.165) is 0 Å². The summed E-state index contributed by atoms with van der Waals surface area (Å²) in [5, 5.41) is 10.5. The molecule has 2 N–H and O–H groups in total. The molecule has 34 heavy (non-hydrogen) atoms. The third kappa shape index (κ3) is 5.59. The molecule has 0 fully saturated rings. The molecule has 0 aliphatic heterocycles. The molecule has 0 saturated heterocycles. The van der Waals surface area contributed by atoms with E-state index in [1.165, 1.54) is 0 Å². The summed E-state index contributed by atoms with van der Waals surface area (Å²) in [6.45, 7) is 2.57. The number of carbonyl (C=O) groups excluding carboxylic acids is 2. The number of anilines is 2. The van der Waals surface area contributed by atoms with Crippen molar-refractivity contribution >= 4 is 46.4 Å². The molecule has 2 aromatic carbocycles. The molecule has 2 heterocycles. The summed E-state index contributed by atoms with van der Waals surface area (Å²) in [7, 11) is 0. The summed E-state index contributed by atoms with van der Waals surface area (Å²) >= 11 is 12.0. The SMILES string of the molecule is CCn1nccc1C(=O)Nc1cccc(NC(=O)c2ccc(COc3ccc(Cl)cc3Cl)o2)c1. The summed E-state index contributed by atoms with van der Waals surface area (Å²) in [4.78, 5) is 25.1. The van der Waals surface area contributed by atoms with Gasteiger partial charge in [0.2, 0.25) is 0 Å². The first-order valence-electron chi connectivity index (χ1n) is 10.3. The van der Waals surface area contributed by atoms with Crippen LogP contribution in [-0.2, 0) is 13.2 Å². The molecule has 4 aromatic rings. The van der Waals surface area contributed by atoms with Gasteiger partial charge in [0.1, 0.15) is 23.8 Å². The van der Waals surface area contributed by atoms with E-state index in [0.29, 0.717) is 45.2 Å². The summed E-state index contributed by atoms with van der Waals surface area (Å²) in [5.74, 6) is 0.281. The molecular weight excluding hydrogens is 479 g/mol. The van der Waals surface area contributed by atoms with Crippen molar-refractivity contribution in [1.82, 2.24) is 9.78 Å². The van der Waals surface area contributed by atoms with Crippen LogP contribution in [0.25, 0.3) is 0 Å². The van der Waals surface area contributed by atoms with Crippen LogP contribution >= 0.6 is 23.2 Å². The molecule has 4 rings (SSSR count). The molecule has 8 nitrogen and oxygen atoms in total. The Labute approximate surface area is 205 Å². The van der Waals surface area contributed by atoms with Crippen LogP contribution in [0.4, 0.5) is 11.4 Å². The van der Waals surface area contributed by atoms with Gasteiger partial charge in [-0.05, 0) is 61.5 Å². The molecule has 0 bridgehead atoms. The molecule has 0 radical (unpaired) electrons. The van der Waals surface area contributed by atoms with Crippen molar-refractivity contribution in [3.8, 4) is 5.75 Å². The molecule has 0 saturated carbocycles. The van der Waals surface area contributed by atoms with Crippen molar-refractivity contribution in [2.45, 2.75) is 20.1 Å². The zero-order valence-electron chi connectivity index (χ0n) is 18.0. The molecule has 0 atom stereocenters. The lowest BCUT2D eigenvalue weighted by atomic mass is 10.2. The summed E-state index contributed by atoms with van der Waals surface area (Å²) in [6.07, 6.45) is 1.57. The fraction of sp³-hybridized carbons (Fsp3) is 0.125. The second-order valence-electron chi connectivity index (χ2n) is 7.15. The van der Waals surface area contributed by atoms with Gasteiger partial charge in [-0.1, -0.05) is 29.3 Å². The maximum Gasteiger partial charge on any atom is 0.291 e. The van der Waals surface area contributed by atoms with Crippen LogP contribution in [0.15, 0.2) is 71.3 Å². The molecule has 0 aliphatic carbocycles. The second kappa shape index (κ2) is 10.5. The third-order valence-electron chi connectivity index (χ3n) is 4.78. The highest BCUT2D eigenvalue weighted by Gasteiger charge is 2.14. The fourth-order valence-electron chi connectivity index (χ4n) is 3.16. The Morgan fingerprint density at radius 3 is 2.50 bits per heavy atom. The maximum absolute atomic E-state index is 12.6. The van der Waals surface area contributed by atoms with Crippen LogP contribution in [0.3, 0.4) is 0 Å². The van der Waals surface area contributed by atoms with Crippen LogP contribution in [-0.4, -0.2) is 21.6 Å². The van der Waals surface area contributed by atoms with Gasteiger partial charge in [0.15, 0.2) is 5.76 Å². The number of amides is 2. The molecule has 0 unspecified atom stereocenters. The highest BCUT2D eigenvalue weighted by molar-refractivity contribution is 6.35. The predicted molar refractivity (Wildman–Crippen MR) is 130 cm³/mol. The van der Waals surface area contributed by atoms with Gasteiger partial charge in [0, 0.05) is 29.1 Å². The zero-order valence-corrected chi connectivity index (χ0v) is 19.6. The second-order valence-corrected chi connectivity index (χ2v) is 7.99. The van der Waals surface area contributed by atoms with E-state index in [1.54, 1.807) is 71.5 Å². The lowest BCUT2D eigenvalue weighted by Gasteiger charge is -2.09. The number of halogens is 2. The molecule has 0 spiro atoms. The molecule has 0 aliphatic rings. The van der Waals surface area contributed by atoms with Gasteiger partial charge in [0.25, 0.3) is 11.8 Å². The van der Waals surface area contributed by atoms with E-state index >= 15 is 0 Å². The Balaban J connectivity index is 1.36. The van der Waals surface area contributed by atoms with E-state index in [4.69, 9.17) is 32.4 Å². The Morgan fingerprint density at radius 2 is 1.76 bits per heavy atom. The van der Waals surface area contributed by atoms with Crippen LogP contribution in [0.1, 0.15) is 33.7 Å². The lowest BCUT2D eigenvalue weighted by molar-refractivity contribution is 0.0990. The van der Waals surface area contributed by atoms with Crippen molar-refractivity contribution in [1.29, 1.82) is 0 Å². The van der Waals surface area contributed by atoms with Gasteiger partial charge in [-0.3, -0.25) is 14.3 Å². The smallest absolute Gasteiger partial charge is 0.291 e. The molecule has 2 amide bonds. The van der Waals surface area contributed by atoms with Crippen LogP contribution in [0.2, 0.25) is 10.0 Å². The number of benzene rings is 2. The number of nitrogens with one attached hydrogen (secondary N) is 2. The minimum Gasteiger partial charge on any atom is -0.484 e. The number of hydrogen-bond acceptors (Lipinski definition) is 5. The lowest BCUT2D eigenvalue weighted by Crippen LogP contribution is -2.17. The standard InChI is InChI=1S/C24H20Cl2N4O4/c1-2-30-20(10-11-27-30)23(31)28-16-4-3-5-17(13-16)29-24(32)22-9-7-18(34-22)14-33-21-8-6-15(25)12-19(21)26/h3-13H,2,14H2,1H3,(H,28,31)(H,29,32).